The summed E-state index contributed by atoms with van der Waals surface area (Å²) in [6.45, 7) is 1.77. The van der Waals surface area contributed by atoms with Crippen molar-refractivity contribution in [1.29, 1.82) is 0 Å². The summed E-state index contributed by atoms with van der Waals surface area (Å²) >= 11 is 5.89. The van der Waals surface area contributed by atoms with Crippen molar-refractivity contribution in [2.45, 2.75) is 12.8 Å². The van der Waals surface area contributed by atoms with E-state index in [0.29, 0.717) is 10.7 Å². The largest absolute Gasteiger partial charge is 0.372 e. The van der Waals surface area contributed by atoms with Gasteiger partial charge in [0.05, 0.1) is 11.1 Å². The number of hydrogen-bond donors (Lipinski definition) is 1. The number of imide groups is 1. The van der Waals surface area contributed by atoms with Crippen molar-refractivity contribution in [1.82, 2.24) is 4.90 Å². The molecule has 4 rings (SSSR count). The Morgan fingerprint density at radius 2 is 1.63 bits per heavy atom. The Bertz CT molecular complexity index is 921. The molecule has 27 heavy (non-hydrogen) atoms. The zero-order valence-corrected chi connectivity index (χ0v) is 15.3. The third-order valence-electron chi connectivity index (χ3n) is 4.86. The molecule has 0 aromatic heterocycles. The minimum absolute atomic E-state index is 0.232. The molecule has 1 saturated heterocycles. The van der Waals surface area contributed by atoms with Crippen molar-refractivity contribution in [2.24, 2.45) is 0 Å². The maximum atomic E-state index is 12.4. The lowest BCUT2D eigenvalue weighted by atomic mass is 10.1. The number of benzene rings is 2. The molecule has 2 aliphatic heterocycles. The summed E-state index contributed by atoms with van der Waals surface area (Å²) in [7, 11) is 0. The second-order valence-electron chi connectivity index (χ2n) is 6.68. The first-order valence-corrected chi connectivity index (χ1v) is 9.21. The van der Waals surface area contributed by atoms with Crippen LogP contribution in [0.15, 0.2) is 42.5 Å². The predicted molar refractivity (Wildman–Crippen MR) is 103 cm³/mol. The van der Waals surface area contributed by atoms with Gasteiger partial charge in [-0.25, -0.2) is 0 Å². The van der Waals surface area contributed by atoms with Crippen LogP contribution in [-0.2, 0) is 4.79 Å². The highest BCUT2D eigenvalue weighted by Gasteiger charge is 2.36. The number of carbonyl (C=O) groups is 3. The van der Waals surface area contributed by atoms with Crippen LogP contribution in [-0.4, -0.2) is 42.3 Å². The van der Waals surface area contributed by atoms with Crippen molar-refractivity contribution in [2.75, 3.05) is 29.9 Å². The minimum atomic E-state index is -0.503. The Hall–Kier alpha value is -2.86. The molecule has 2 aromatic carbocycles. The number of amides is 3. The molecule has 1 N–H and O–H groups in total. The average Bonchev–Trinajstić information content (AvgIpc) is 3.26. The fourth-order valence-electron chi connectivity index (χ4n) is 3.48. The molecule has 2 aliphatic rings. The number of halogens is 1. The molecule has 2 aromatic rings. The summed E-state index contributed by atoms with van der Waals surface area (Å²) in [5.41, 5.74) is 2.26. The lowest BCUT2D eigenvalue weighted by molar-refractivity contribution is -0.116. The van der Waals surface area contributed by atoms with E-state index in [9.17, 15) is 14.4 Å². The van der Waals surface area contributed by atoms with Crippen LogP contribution in [0.3, 0.4) is 0 Å². The standard InChI is InChI=1S/C20H18ClN3O3/c21-13-3-8-16-17(11-13)20(27)24(19(16)26)12-18(25)22-14-4-6-15(7-5-14)23-9-1-2-10-23/h3-8,11H,1-2,9-10,12H2,(H,22,25). The first kappa shape index (κ1) is 17.5. The van der Waals surface area contributed by atoms with E-state index in [1.54, 1.807) is 6.07 Å². The van der Waals surface area contributed by atoms with Gasteiger partial charge in [-0.05, 0) is 55.3 Å². The van der Waals surface area contributed by atoms with Gasteiger partial charge in [0.2, 0.25) is 5.91 Å². The smallest absolute Gasteiger partial charge is 0.262 e. The van der Waals surface area contributed by atoms with Crippen molar-refractivity contribution >= 4 is 40.7 Å². The van der Waals surface area contributed by atoms with Gasteiger partial charge in [-0.3, -0.25) is 19.3 Å². The Morgan fingerprint density at radius 1 is 0.963 bits per heavy atom. The molecule has 0 unspecified atom stereocenters. The van der Waals surface area contributed by atoms with Gasteiger partial charge in [0.25, 0.3) is 11.8 Å². The topological polar surface area (TPSA) is 69.7 Å². The van der Waals surface area contributed by atoms with Crippen LogP contribution in [0.25, 0.3) is 0 Å². The molecule has 3 amide bonds. The molecule has 0 saturated carbocycles. The molecule has 2 heterocycles. The highest BCUT2D eigenvalue weighted by atomic mass is 35.5. The molecule has 0 bridgehead atoms. The first-order valence-electron chi connectivity index (χ1n) is 8.83. The van der Waals surface area contributed by atoms with Gasteiger partial charge in [0.15, 0.2) is 0 Å². The monoisotopic (exact) mass is 383 g/mol. The fraction of sp³-hybridized carbons (Fsp3) is 0.250. The summed E-state index contributed by atoms with van der Waals surface area (Å²) in [5, 5.41) is 3.11. The summed E-state index contributed by atoms with van der Waals surface area (Å²) in [5.74, 6) is -1.41. The van der Waals surface area contributed by atoms with E-state index in [0.717, 1.165) is 23.7 Å². The summed E-state index contributed by atoms with van der Waals surface area (Å²) < 4.78 is 0. The number of hydrogen-bond acceptors (Lipinski definition) is 4. The average molecular weight is 384 g/mol. The van der Waals surface area contributed by atoms with Gasteiger partial charge in [-0.2, -0.15) is 0 Å². The molecule has 6 nitrogen and oxygen atoms in total. The second-order valence-corrected chi connectivity index (χ2v) is 7.11. The van der Waals surface area contributed by atoms with E-state index in [-0.39, 0.29) is 17.7 Å². The van der Waals surface area contributed by atoms with E-state index in [1.807, 2.05) is 24.3 Å². The van der Waals surface area contributed by atoms with Crippen LogP contribution in [0.5, 0.6) is 0 Å². The molecule has 7 heteroatoms. The minimum Gasteiger partial charge on any atom is -0.372 e. The molecule has 0 spiro atoms. The van der Waals surface area contributed by atoms with Gasteiger partial charge in [0, 0.05) is 29.5 Å². The van der Waals surface area contributed by atoms with Gasteiger partial charge in [-0.1, -0.05) is 11.6 Å². The maximum absolute atomic E-state index is 12.4. The molecule has 1 fully saturated rings. The number of nitrogens with one attached hydrogen (secondary N) is 1. The molecule has 138 valence electrons. The number of anilines is 2. The quantitative estimate of drug-likeness (QED) is 0.823. The van der Waals surface area contributed by atoms with E-state index in [2.05, 4.69) is 10.2 Å². The molecule has 0 atom stereocenters. The molecular formula is C20H18ClN3O3. The predicted octanol–water partition coefficient (Wildman–Crippen LogP) is 3.17. The number of rotatable bonds is 4. The second kappa shape index (κ2) is 7.04. The Balaban J connectivity index is 1.41. The number of fused-ring (bicyclic) bond motifs is 1. The Labute approximate surface area is 161 Å². The van der Waals surface area contributed by atoms with Gasteiger partial charge in [-0.15, -0.1) is 0 Å². The Kier molecular flexibility index (Phi) is 4.58. The molecular weight excluding hydrogens is 366 g/mol. The van der Waals surface area contributed by atoms with Gasteiger partial charge < -0.3 is 10.2 Å². The Morgan fingerprint density at radius 3 is 2.33 bits per heavy atom. The van der Waals surface area contributed by atoms with E-state index in [1.165, 1.54) is 25.0 Å². The lowest BCUT2D eigenvalue weighted by Crippen LogP contribution is -2.37. The summed E-state index contributed by atoms with van der Waals surface area (Å²) in [6.07, 6.45) is 2.40. The van der Waals surface area contributed by atoms with E-state index >= 15 is 0 Å². The van der Waals surface area contributed by atoms with E-state index < -0.39 is 17.7 Å². The summed E-state index contributed by atoms with van der Waals surface area (Å²) in [4.78, 5) is 40.3. The van der Waals surface area contributed by atoms with E-state index in [4.69, 9.17) is 11.6 Å². The third kappa shape index (κ3) is 3.40. The van der Waals surface area contributed by atoms with Crippen LogP contribution >= 0.6 is 11.6 Å². The zero-order chi connectivity index (χ0) is 19.0. The third-order valence-corrected chi connectivity index (χ3v) is 5.09. The van der Waals surface area contributed by atoms with Crippen molar-refractivity contribution < 1.29 is 14.4 Å². The number of nitrogens with zero attached hydrogens (tertiary/aromatic N) is 2. The van der Waals surface area contributed by atoms with Crippen molar-refractivity contribution in [3.63, 3.8) is 0 Å². The highest BCUT2D eigenvalue weighted by Crippen LogP contribution is 2.26. The fourth-order valence-corrected chi connectivity index (χ4v) is 3.65. The maximum Gasteiger partial charge on any atom is 0.262 e. The SMILES string of the molecule is O=C(CN1C(=O)c2ccc(Cl)cc2C1=O)Nc1ccc(N2CCCC2)cc1. The van der Waals surface area contributed by atoms with Gasteiger partial charge in [0.1, 0.15) is 6.54 Å². The molecule has 0 radical (unpaired) electrons. The normalized spacial score (nSPS) is 16.0. The zero-order valence-electron chi connectivity index (χ0n) is 14.6. The highest BCUT2D eigenvalue weighted by molar-refractivity contribution is 6.32. The van der Waals surface area contributed by atoms with Crippen molar-refractivity contribution in [3.05, 3.63) is 58.6 Å². The van der Waals surface area contributed by atoms with Crippen LogP contribution in [0.1, 0.15) is 33.6 Å². The van der Waals surface area contributed by atoms with Crippen LogP contribution in [0.2, 0.25) is 5.02 Å². The van der Waals surface area contributed by atoms with Crippen molar-refractivity contribution in [3.8, 4) is 0 Å². The molecule has 0 aliphatic carbocycles. The lowest BCUT2D eigenvalue weighted by Gasteiger charge is -2.18. The number of carbonyl (C=O) groups excluding carboxylic acids is 3. The van der Waals surface area contributed by atoms with Crippen LogP contribution in [0, 0.1) is 0 Å². The van der Waals surface area contributed by atoms with Crippen LogP contribution in [0.4, 0.5) is 11.4 Å². The van der Waals surface area contributed by atoms with Gasteiger partial charge >= 0.3 is 0 Å². The summed E-state index contributed by atoms with van der Waals surface area (Å²) in [6, 6.07) is 12.1. The first-order chi connectivity index (χ1) is 13.0. The van der Waals surface area contributed by atoms with Crippen LogP contribution < -0.4 is 10.2 Å².